The van der Waals surface area contributed by atoms with E-state index in [1.54, 1.807) is 12.1 Å². The highest BCUT2D eigenvalue weighted by Crippen LogP contribution is 2.45. The van der Waals surface area contributed by atoms with Crippen LogP contribution in [0.15, 0.2) is 29.3 Å². The van der Waals surface area contributed by atoms with Gasteiger partial charge in [-0.05, 0) is 0 Å². The first-order valence-electron chi connectivity index (χ1n) is 4.71. The number of carbonyl (C=O) groups is 1. The van der Waals surface area contributed by atoms with Gasteiger partial charge < -0.3 is 21.3 Å². The van der Waals surface area contributed by atoms with Crippen molar-refractivity contribution in [3.8, 4) is 0 Å². The van der Waals surface area contributed by atoms with E-state index in [0.717, 1.165) is 0 Å². The zero-order valence-electron chi connectivity index (χ0n) is 8.14. The monoisotopic (exact) mass is 219 g/mol. The van der Waals surface area contributed by atoms with Crippen LogP contribution >= 0.6 is 0 Å². The molecule has 3 rings (SSSR count). The fraction of sp³-hybridized carbons (Fsp3) is 0.200. The number of Topliss-reactive ketones (excluding diaryl/α,β-unsaturated/α-hetero) is 1. The van der Waals surface area contributed by atoms with E-state index in [0.29, 0.717) is 0 Å². The lowest BCUT2D eigenvalue weighted by atomic mass is 10.0. The van der Waals surface area contributed by atoms with Gasteiger partial charge in [0.2, 0.25) is 11.5 Å². The Bertz CT molecular complexity index is 542. The normalized spacial score (nSPS) is 35.4. The van der Waals surface area contributed by atoms with Crippen molar-refractivity contribution in [2.45, 2.75) is 11.4 Å². The lowest BCUT2D eigenvalue weighted by Crippen LogP contribution is -2.58. The Morgan fingerprint density at radius 3 is 2.75 bits per heavy atom. The molecule has 5 N–H and O–H groups in total. The summed E-state index contributed by atoms with van der Waals surface area (Å²) in [6, 6.07) is 6.37. The van der Waals surface area contributed by atoms with Crippen molar-refractivity contribution in [1.29, 1.82) is 0 Å². The van der Waals surface area contributed by atoms with Gasteiger partial charge in [0, 0.05) is 11.1 Å². The standard InChI is InChI=1S/C10H9N3O3/c11-8-12-9(15)6-4-2-1-3-5(6)7(14)10(9,16)13-8/h1-4,15-16H,(H3,11,12,13)/t9-,10-/m0/s1. The van der Waals surface area contributed by atoms with Crippen LogP contribution in [0.3, 0.4) is 0 Å². The molecule has 0 saturated heterocycles. The van der Waals surface area contributed by atoms with Crippen molar-refractivity contribution >= 4 is 11.7 Å². The maximum Gasteiger partial charge on any atom is 0.258 e. The minimum absolute atomic E-state index is 0.159. The third kappa shape index (κ3) is 0.763. The van der Waals surface area contributed by atoms with Gasteiger partial charge in [0.15, 0.2) is 5.96 Å². The molecule has 1 aliphatic carbocycles. The van der Waals surface area contributed by atoms with Crippen molar-refractivity contribution in [2.75, 3.05) is 0 Å². The van der Waals surface area contributed by atoms with E-state index in [1.165, 1.54) is 12.1 Å². The van der Waals surface area contributed by atoms with Gasteiger partial charge in [-0.25, -0.2) is 4.99 Å². The summed E-state index contributed by atoms with van der Waals surface area (Å²) < 4.78 is 0. The number of aliphatic imine (C=N–C) groups is 1. The molecule has 16 heavy (non-hydrogen) atoms. The molecule has 0 amide bonds. The van der Waals surface area contributed by atoms with Gasteiger partial charge in [0.05, 0.1) is 0 Å². The molecule has 6 nitrogen and oxygen atoms in total. The number of rotatable bonds is 0. The van der Waals surface area contributed by atoms with Crippen LogP contribution in [-0.4, -0.2) is 27.7 Å². The number of benzene rings is 1. The number of fused-ring (bicyclic) bond motifs is 3. The molecule has 0 aromatic heterocycles. The maximum absolute atomic E-state index is 11.9. The number of hydrogen-bond acceptors (Lipinski definition) is 6. The summed E-state index contributed by atoms with van der Waals surface area (Å²) in [7, 11) is 0. The Labute approximate surface area is 90.4 Å². The third-order valence-electron chi connectivity index (χ3n) is 2.97. The van der Waals surface area contributed by atoms with Gasteiger partial charge in [0.1, 0.15) is 0 Å². The van der Waals surface area contributed by atoms with Gasteiger partial charge in [-0.1, -0.05) is 24.3 Å². The highest BCUT2D eigenvalue weighted by molar-refractivity contribution is 6.11. The Kier molecular flexibility index (Phi) is 1.41. The molecule has 82 valence electrons. The molecule has 1 aliphatic heterocycles. The first kappa shape index (κ1) is 9.32. The molecule has 0 bridgehead atoms. The second-order valence-corrected chi connectivity index (χ2v) is 3.88. The molecule has 0 unspecified atom stereocenters. The number of hydrogen-bond donors (Lipinski definition) is 4. The second-order valence-electron chi connectivity index (χ2n) is 3.88. The average Bonchev–Trinajstić information content (AvgIpc) is 2.57. The fourth-order valence-electron chi connectivity index (χ4n) is 2.21. The van der Waals surface area contributed by atoms with Gasteiger partial charge in [-0.3, -0.25) is 4.79 Å². The largest absolute Gasteiger partial charge is 0.370 e. The summed E-state index contributed by atoms with van der Waals surface area (Å²) in [5, 5.41) is 22.7. The quantitative estimate of drug-likeness (QED) is 0.431. The molecule has 1 aromatic rings. The first-order valence-corrected chi connectivity index (χ1v) is 4.71. The summed E-state index contributed by atoms with van der Waals surface area (Å²) >= 11 is 0. The van der Waals surface area contributed by atoms with Crippen LogP contribution in [0.5, 0.6) is 0 Å². The Balaban J connectivity index is 2.34. The highest BCUT2D eigenvalue weighted by atomic mass is 16.4. The van der Waals surface area contributed by atoms with Gasteiger partial charge in [-0.2, -0.15) is 0 Å². The van der Waals surface area contributed by atoms with E-state index in [4.69, 9.17) is 5.73 Å². The molecule has 0 saturated carbocycles. The minimum Gasteiger partial charge on any atom is -0.370 e. The lowest BCUT2D eigenvalue weighted by Gasteiger charge is -2.27. The van der Waals surface area contributed by atoms with Gasteiger partial charge in [-0.15, -0.1) is 0 Å². The average molecular weight is 219 g/mol. The van der Waals surface area contributed by atoms with Crippen LogP contribution < -0.4 is 11.1 Å². The highest BCUT2D eigenvalue weighted by Gasteiger charge is 2.66. The number of nitrogens with two attached hydrogens (primary N) is 1. The van der Waals surface area contributed by atoms with E-state index in [-0.39, 0.29) is 17.1 Å². The first-order chi connectivity index (χ1) is 7.49. The minimum atomic E-state index is -2.18. The van der Waals surface area contributed by atoms with Crippen LogP contribution in [0.4, 0.5) is 0 Å². The number of guanidine groups is 1. The van der Waals surface area contributed by atoms with E-state index < -0.39 is 17.2 Å². The van der Waals surface area contributed by atoms with Crippen LogP contribution in [0.2, 0.25) is 0 Å². The predicted molar refractivity (Wildman–Crippen MR) is 54.4 cm³/mol. The number of aliphatic hydroxyl groups is 2. The number of carbonyl (C=O) groups excluding carboxylic acids is 1. The number of ketones is 1. The molecule has 2 atom stereocenters. The molecular weight excluding hydrogens is 210 g/mol. The van der Waals surface area contributed by atoms with Crippen LogP contribution in [-0.2, 0) is 5.72 Å². The van der Waals surface area contributed by atoms with E-state index in [9.17, 15) is 15.0 Å². The smallest absolute Gasteiger partial charge is 0.258 e. The third-order valence-corrected chi connectivity index (χ3v) is 2.97. The zero-order chi connectivity index (χ0) is 11.6. The fourth-order valence-corrected chi connectivity index (χ4v) is 2.21. The number of nitrogens with one attached hydrogen (secondary N) is 1. The topological polar surface area (TPSA) is 108 Å². The maximum atomic E-state index is 11.9. The SMILES string of the molecule is NC1=N[C@]2(O)c3ccccc3C(=O)[C@@]2(O)N1. The number of nitrogens with zero attached hydrogens (tertiary/aromatic N) is 1. The van der Waals surface area contributed by atoms with Crippen molar-refractivity contribution in [3.63, 3.8) is 0 Å². The van der Waals surface area contributed by atoms with Crippen LogP contribution in [0.1, 0.15) is 15.9 Å². The van der Waals surface area contributed by atoms with Crippen molar-refractivity contribution in [2.24, 2.45) is 10.7 Å². The van der Waals surface area contributed by atoms with Crippen molar-refractivity contribution in [3.05, 3.63) is 35.4 Å². The van der Waals surface area contributed by atoms with Gasteiger partial charge in [0.25, 0.3) is 5.72 Å². The Hall–Kier alpha value is -1.92. The molecule has 1 aromatic carbocycles. The summed E-state index contributed by atoms with van der Waals surface area (Å²) in [6.07, 6.45) is 0. The molecular formula is C10H9N3O3. The summed E-state index contributed by atoms with van der Waals surface area (Å²) in [5.74, 6) is -0.789. The van der Waals surface area contributed by atoms with Crippen LogP contribution in [0.25, 0.3) is 0 Å². The summed E-state index contributed by atoms with van der Waals surface area (Å²) in [5.41, 5.74) is 1.68. The summed E-state index contributed by atoms with van der Waals surface area (Å²) in [6.45, 7) is 0. The van der Waals surface area contributed by atoms with Crippen molar-refractivity contribution < 1.29 is 15.0 Å². The predicted octanol–water partition coefficient (Wildman–Crippen LogP) is -1.37. The van der Waals surface area contributed by atoms with Crippen molar-refractivity contribution in [1.82, 2.24) is 5.32 Å². The zero-order valence-corrected chi connectivity index (χ0v) is 8.14. The molecule has 0 spiro atoms. The van der Waals surface area contributed by atoms with E-state index >= 15 is 0 Å². The van der Waals surface area contributed by atoms with Crippen LogP contribution in [0, 0.1) is 0 Å². The molecule has 6 heteroatoms. The molecule has 1 heterocycles. The van der Waals surface area contributed by atoms with E-state index in [1.807, 2.05) is 0 Å². The lowest BCUT2D eigenvalue weighted by molar-refractivity contribution is -0.114. The van der Waals surface area contributed by atoms with E-state index in [2.05, 4.69) is 10.3 Å². The second kappa shape index (κ2) is 2.42. The van der Waals surface area contributed by atoms with Gasteiger partial charge >= 0.3 is 0 Å². The molecule has 2 aliphatic rings. The summed E-state index contributed by atoms with van der Waals surface area (Å²) in [4.78, 5) is 15.7. The molecule has 0 radical (unpaired) electrons. The Morgan fingerprint density at radius 1 is 1.31 bits per heavy atom. The Morgan fingerprint density at radius 2 is 2.00 bits per heavy atom. The molecule has 0 fully saturated rings.